The summed E-state index contributed by atoms with van der Waals surface area (Å²) in [5.41, 5.74) is 2.27. The summed E-state index contributed by atoms with van der Waals surface area (Å²) in [7, 11) is -0.988. The molecule has 8 heteroatoms. The number of benzene rings is 2. The zero-order valence-electron chi connectivity index (χ0n) is 15.5. The first-order valence-corrected chi connectivity index (χ1v) is 11.1. The summed E-state index contributed by atoms with van der Waals surface area (Å²) >= 11 is 6.07. The molecule has 1 amide bonds. The molecule has 0 aliphatic carbocycles. The summed E-state index contributed by atoms with van der Waals surface area (Å²) in [4.78, 5) is 13.4. The first-order valence-electron chi connectivity index (χ1n) is 8.80. The summed E-state index contributed by atoms with van der Waals surface area (Å²) in [6.45, 7) is 0.440. The molecule has 4 rings (SSSR count). The van der Waals surface area contributed by atoms with Crippen molar-refractivity contribution in [2.45, 2.75) is 17.4 Å². The van der Waals surface area contributed by atoms with Crippen LogP contribution < -0.4 is 10.1 Å². The number of hydrogen-bond donors (Lipinski definition) is 2. The maximum Gasteiger partial charge on any atom is 0.268 e. The number of nitrogens with zero attached hydrogens (tertiary/aromatic N) is 1. The van der Waals surface area contributed by atoms with E-state index in [0.29, 0.717) is 34.4 Å². The first-order chi connectivity index (χ1) is 13.2. The molecule has 2 aromatic carbocycles. The lowest BCUT2D eigenvalue weighted by atomic mass is 10.0. The van der Waals surface area contributed by atoms with Crippen LogP contribution in [0.1, 0.15) is 28.5 Å². The van der Waals surface area contributed by atoms with Crippen molar-refractivity contribution >= 4 is 38.1 Å². The lowest BCUT2D eigenvalue weighted by molar-refractivity contribution is 0.0917. The molecule has 0 saturated heterocycles. The van der Waals surface area contributed by atoms with Crippen LogP contribution in [-0.4, -0.2) is 27.5 Å². The van der Waals surface area contributed by atoms with Crippen LogP contribution in [0.3, 0.4) is 0 Å². The van der Waals surface area contributed by atoms with E-state index < -0.39 is 9.73 Å². The molecule has 0 saturated carbocycles. The Kier molecular flexibility index (Phi) is 4.59. The van der Waals surface area contributed by atoms with E-state index in [1.54, 1.807) is 24.3 Å². The Balaban J connectivity index is 1.64. The molecule has 0 radical (unpaired) electrons. The molecule has 146 valence electrons. The van der Waals surface area contributed by atoms with Gasteiger partial charge in [0.2, 0.25) is 0 Å². The van der Waals surface area contributed by atoms with Gasteiger partial charge in [-0.05, 0) is 30.3 Å². The molecule has 2 heterocycles. The summed E-state index contributed by atoms with van der Waals surface area (Å²) < 4.78 is 27.2. The fourth-order valence-corrected chi connectivity index (χ4v) is 4.34. The number of amides is 1. The van der Waals surface area contributed by atoms with E-state index >= 15 is 0 Å². The minimum absolute atomic E-state index is 0.184. The number of hydrogen-bond acceptors (Lipinski definition) is 4. The van der Waals surface area contributed by atoms with Crippen molar-refractivity contribution in [1.82, 2.24) is 9.88 Å². The van der Waals surface area contributed by atoms with Crippen molar-refractivity contribution in [3.63, 3.8) is 0 Å². The van der Waals surface area contributed by atoms with Crippen LogP contribution in [-0.2, 0) is 16.8 Å². The second-order valence-electron chi connectivity index (χ2n) is 7.00. The van der Waals surface area contributed by atoms with Crippen molar-refractivity contribution in [3.05, 3.63) is 58.7 Å². The number of carbonyl (C=O) groups excluding carboxylic acids is 1. The normalized spacial score (nSPS) is 18.2. The topological polar surface area (TPSA) is 84.2 Å². The van der Waals surface area contributed by atoms with Crippen LogP contribution in [0.5, 0.6) is 5.75 Å². The van der Waals surface area contributed by atoms with Gasteiger partial charge in [0.15, 0.2) is 0 Å². The number of aromatic nitrogens is 1. The SMILES string of the molecule is Cn1c(C(=O)NC2CCOc3cc(S(C)(=N)=O)ccc32)cc2ccc(Cl)cc21. The largest absolute Gasteiger partial charge is 0.493 e. The van der Waals surface area contributed by atoms with E-state index in [-0.39, 0.29) is 11.9 Å². The van der Waals surface area contributed by atoms with Gasteiger partial charge in [-0.2, -0.15) is 0 Å². The smallest absolute Gasteiger partial charge is 0.268 e. The molecule has 3 aromatic rings. The molecule has 1 aliphatic rings. The van der Waals surface area contributed by atoms with Gasteiger partial charge in [-0.3, -0.25) is 4.79 Å². The molecule has 0 spiro atoms. The van der Waals surface area contributed by atoms with Crippen molar-refractivity contribution in [1.29, 1.82) is 4.78 Å². The molecule has 2 atom stereocenters. The van der Waals surface area contributed by atoms with Gasteiger partial charge >= 0.3 is 0 Å². The van der Waals surface area contributed by atoms with Gasteiger partial charge in [-0.25, -0.2) is 8.99 Å². The van der Waals surface area contributed by atoms with Crippen molar-refractivity contribution in [3.8, 4) is 5.75 Å². The Morgan fingerprint density at radius 2 is 2.07 bits per heavy atom. The monoisotopic (exact) mass is 417 g/mol. The van der Waals surface area contributed by atoms with E-state index in [0.717, 1.165) is 16.5 Å². The van der Waals surface area contributed by atoms with Crippen LogP contribution in [0.4, 0.5) is 0 Å². The summed E-state index contributed by atoms with van der Waals surface area (Å²) in [6.07, 6.45) is 2.01. The van der Waals surface area contributed by atoms with Gasteiger partial charge in [0.25, 0.3) is 5.91 Å². The molecule has 0 bridgehead atoms. The number of rotatable bonds is 3. The molecule has 1 aromatic heterocycles. The molecule has 1 aliphatic heterocycles. The molecule has 2 N–H and O–H groups in total. The highest BCUT2D eigenvalue weighted by Crippen LogP contribution is 2.34. The lowest BCUT2D eigenvalue weighted by Gasteiger charge is -2.27. The minimum Gasteiger partial charge on any atom is -0.493 e. The van der Waals surface area contributed by atoms with E-state index in [1.807, 2.05) is 29.8 Å². The average Bonchev–Trinajstić information content (AvgIpc) is 2.97. The summed E-state index contributed by atoms with van der Waals surface area (Å²) in [5.74, 6) is 0.385. The Bertz CT molecular complexity index is 1200. The van der Waals surface area contributed by atoms with E-state index in [1.165, 1.54) is 6.26 Å². The van der Waals surface area contributed by atoms with Gasteiger partial charge in [-0.15, -0.1) is 0 Å². The lowest BCUT2D eigenvalue weighted by Crippen LogP contribution is -2.33. The second kappa shape index (κ2) is 6.83. The molecule has 6 nitrogen and oxygen atoms in total. The van der Waals surface area contributed by atoms with Crippen LogP contribution in [0.25, 0.3) is 10.9 Å². The van der Waals surface area contributed by atoms with Gasteiger partial charge in [0.05, 0.1) is 27.3 Å². The summed E-state index contributed by atoms with van der Waals surface area (Å²) in [5, 5.41) is 4.64. The Morgan fingerprint density at radius 3 is 2.82 bits per heavy atom. The summed E-state index contributed by atoms with van der Waals surface area (Å²) in [6, 6.07) is 12.2. The maximum absolute atomic E-state index is 12.9. The van der Waals surface area contributed by atoms with E-state index in [4.69, 9.17) is 21.1 Å². The van der Waals surface area contributed by atoms with Crippen molar-refractivity contribution in [2.75, 3.05) is 12.9 Å². The predicted molar refractivity (Wildman–Crippen MR) is 110 cm³/mol. The Morgan fingerprint density at radius 1 is 1.29 bits per heavy atom. The van der Waals surface area contributed by atoms with Crippen molar-refractivity contribution < 1.29 is 13.7 Å². The predicted octanol–water partition coefficient (Wildman–Crippen LogP) is 4.12. The minimum atomic E-state index is -2.83. The molecule has 0 fully saturated rings. The van der Waals surface area contributed by atoms with E-state index in [9.17, 15) is 9.00 Å². The van der Waals surface area contributed by atoms with Gasteiger partial charge in [0.1, 0.15) is 11.4 Å². The van der Waals surface area contributed by atoms with Gasteiger partial charge in [0, 0.05) is 41.2 Å². The molecule has 28 heavy (non-hydrogen) atoms. The number of fused-ring (bicyclic) bond motifs is 2. The fourth-order valence-electron chi connectivity index (χ4n) is 3.52. The van der Waals surface area contributed by atoms with Crippen LogP contribution >= 0.6 is 11.6 Å². The maximum atomic E-state index is 12.9. The molecular formula is C20H20ClN3O3S. The first kappa shape index (κ1) is 18.8. The Labute approximate surface area is 168 Å². The second-order valence-corrected chi connectivity index (χ2v) is 9.59. The standard InChI is InChI=1S/C20H20ClN3O3S/c1-24-17-10-13(21)4-3-12(17)9-18(24)20(25)23-16-7-8-27-19-11-14(28(2,22)26)5-6-15(16)19/h3-6,9-11,16,22H,7-8H2,1-2H3,(H,23,25). The third kappa shape index (κ3) is 3.36. The van der Waals surface area contributed by atoms with Crippen LogP contribution in [0, 0.1) is 4.78 Å². The number of aryl methyl sites for hydroxylation is 1. The highest BCUT2D eigenvalue weighted by Gasteiger charge is 2.25. The third-order valence-electron chi connectivity index (χ3n) is 5.02. The average molecular weight is 418 g/mol. The number of ether oxygens (including phenoxy) is 1. The number of nitrogens with one attached hydrogen (secondary N) is 2. The Hall–Kier alpha value is -2.51. The number of carbonyl (C=O) groups is 1. The third-order valence-corrected chi connectivity index (χ3v) is 6.41. The molecule has 2 unspecified atom stereocenters. The highest BCUT2D eigenvalue weighted by molar-refractivity contribution is 7.91. The number of halogens is 1. The van der Waals surface area contributed by atoms with Crippen molar-refractivity contribution in [2.24, 2.45) is 7.05 Å². The fraction of sp³-hybridized carbons (Fsp3) is 0.250. The quantitative estimate of drug-likeness (QED) is 0.672. The van der Waals surface area contributed by atoms with Crippen LogP contribution in [0.15, 0.2) is 47.4 Å². The zero-order valence-corrected chi connectivity index (χ0v) is 17.1. The molecular weight excluding hydrogens is 398 g/mol. The van der Waals surface area contributed by atoms with Crippen LogP contribution in [0.2, 0.25) is 5.02 Å². The zero-order chi connectivity index (χ0) is 20.1. The highest BCUT2D eigenvalue weighted by atomic mass is 35.5. The van der Waals surface area contributed by atoms with Gasteiger partial charge < -0.3 is 14.6 Å². The van der Waals surface area contributed by atoms with Gasteiger partial charge in [-0.1, -0.05) is 23.7 Å². The van der Waals surface area contributed by atoms with E-state index in [2.05, 4.69) is 5.32 Å².